The molecule has 1 atom stereocenters. The van der Waals surface area contributed by atoms with Gasteiger partial charge in [0.1, 0.15) is 24.2 Å². The van der Waals surface area contributed by atoms with Crippen molar-refractivity contribution in [2.75, 3.05) is 24.2 Å². The first kappa shape index (κ1) is 28.4. The second kappa shape index (κ2) is 12.2. The number of hydrogen-bond donors (Lipinski definition) is 1. The van der Waals surface area contributed by atoms with Gasteiger partial charge in [-0.25, -0.2) is 12.8 Å². The Kier molecular flexibility index (Phi) is 9.91. The van der Waals surface area contributed by atoms with Gasteiger partial charge in [-0.1, -0.05) is 30.7 Å². The molecule has 0 aliphatic rings. The average molecular weight is 528 g/mol. The summed E-state index contributed by atoms with van der Waals surface area (Å²) in [6.45, 7) is 4.86. The number of benzene rings is 2. The minimum Gasteiger partial charge on any atom is -0.497 e. The summed E-state index contributed by atoms with van der Waals surface area (Å²) in [5.41, 5.74) is 0.766. The lowest BCUT2D eigenvalue weighted by Gasteiger charge is -2.33. The molecule has 0 fully saturated rings. The van der Waals surface area contributed by atoms with Gasteiger partial charge in [0.05, 0.1) is 24.1 Å². The molecule has 0 aliphatic heterocycles. The van der Waals surface area contributed by atoms with E-state index in [2.05, 4.69) is 5.32 Å². The number of nitrogens with one attached hydrogen (secondary N) is 1. The maximum Gasteiger partial charge on any atom is 0.244 e. The van der Waals surface area contributed by atoms with Crippen molar-refractivity contribution in [3.8, 4) is 5.75 Å². The number of methoxy groups -OCH3 is 1. The normalized spacial score (nSPS) is 12.2. The van der Waals surface area contributed by atoms with Gasteiger partial charge in [0.2, 0.25) is 21.8 Å². The number of carbonyl (C=O) groups is 2. The smallest absolute Gasteiger partial charge is 0.244 e. The molecule has 0 aliphatic carbocycles. The lowest BCUT2D eigenvalue weighted by atomic mass is 10.1. The summed E-state index contributed by atoms with van der Waals surface area (Å²) >= 11 is 5.85. The highest BCUT2D eigenvalue weighted by Gasteiger charge is 2.32. The highest BCUT2D eigenvalue weighted by atomic mass is 35.5. The third-order valence-electron chi connectivity index (χ3n) is 5.20. The number of ether oxygens (including phenoxy) is 1. The Bertz CT molecular complexity index is 1140. The molecule has 0 saturated carbocycles. The van der Waals surface area contributed by atoms with Crippen LogP contribution in [0.5, 0.6) is 5.75 Å². The molecule has 2 amide bonds. The summed E-state index contributed by atoms with van der Waals surface area (Å²) in [5, 5.41) is 2.54. The van der Waals surface area contributed by atoms with Gasteiger partial charge in [-0.05, 0) is 56.2 Å². The second-order valence-corrected chi connectivity index (χ2v) is 10.6. The van der Waals surface area contributed by atoms with Crippen LogP contribution in [0.2, 0.25) is 5.02 Å². The standard InChI is InChI=1S/C24H31ClFN3O5S/c1-6-22(24(31)27-16(2)3)28(14-17-7-10-19(34-4)11-8-17)23(30)15-29(35(5,32)33)18-9-12-21(26)20(25)13-18/h7-13,16,22H,6,14-15H2,1-5H3,(H,27,31)/t22-/m1/s1. The van der Waals surface area contributed by atoms with E-state index in [0.717, 1.165) is 28.3 Å². The summed E-state index contributed by atoms with van der Waals surface area (Å²) in [5.74, 6) is -1.03. The van der Waals surface area contributed by atoms with Crippen molar-refractivity contribution in [2.45, 2.75) is 45.8 Å². The van der Waals surface area contributed by atoms with Crippen molar-refractivity contribution in [2.24, 2.45) is 0 Å². The van der Waals surface area contributed by atoms with Gasteiger partial charge in [-0.15, -0.1) is 0 Å². The number of hydrogen-bond acceptors (Lipinski definition) is 5. The zero-order valence-electron chi connectivity index (χ0n) is 20.4. The molecule has 0 aromatic heterocycles. The van der Waals surface area contributed by atoms with E-state index in [-0.39, 0.29) is 29.2 Å². The number of nitrogens with zero attached hydrogens (tertiary/aromatic N) is 2. The van der Waals surface area contributed by atoms with Gasteiger partial charge in [0, 0.05) is 12.6 Å². The van der Waals surface area contributed by atoms with Gasteiger partial charge in [0.25, 0.3) is 0 Å². The Hall–Kier alpha value is -2.85. The summed E-state index contributed by atoms with van der Waals surface area (Å²) in [4.78, 5) is 27.8. The first-order valence-corrected chi connectivity index (χ1v) is 13.3. The van der Waals surface area contributed by atoms with Crippen molar-refractivity contribution in [1.29, 1.82) is 0 Å². The molecule has 8 nitrogen and oxygen atoms in total. The van der Waals surface area contributed by atoms with Crippen LogP contribution in [0.4, 0.5) is 10.1 Å². The van der Waals surface area contributed by atoms with Gasteiger partial charge < -0.3 is 15.0 Å². The Labute approximate surface area is 211 Å². The van der Waals surface area contributed by atoms with E-state index in [0.29, 0.717) is 12.2 Å². The van der Waals surface area contributed by atoms with Crippen molar-refractivity contribution < 1.29 is 27.1 Å². The van der Waals surface area contributed by atoms with E-state index in [1.54, 1.807) is 31.2 Å². The molecule has 0 radical (unpaired) electrons. The number of rotatable bonds is 11. The number of halogens is 2. The molecule has 2 aromatic carbocycles. The molecule has 0 spiro atoms. The maximum atomic E-state index is 13.7. The molecule has 2 aromatic rings. The van der Waals surface area contributed by atoms with Gasteiger partial charge in [-0.2, -0.15) is 0 Å². The summed E-state index contributed by atoms with van der Waals surface area (Å²) in [6, 6.07) is 9.40. The van der Waals surface area contributed by atoms with Crippen molar-refractivity contribution in [1.82, 2.24) is 10.2 Å². The topological polar surface area (TPSA) is 96.0 Å². The van der Waals surface area contributed by atoms with Crippen LogP contribution < -0.4 is 14.4 Å². The van der Waals surface area contributed by atoms with E-state index >= 15 is 0 Å². The van der Waals surface area contributed by atoms with Crippen LogP contribution in [-0.4, -0.2) is 57.1 Å². The molecule has 1 N–H and O–H groups in total. The zero-order valence-corrected chi connectivity index (χ0v) is 22.0. The number of amides is 2. The summed E-state index contributed by atoms with van der Waals surface area (Å²) < 4.78 is 44.8. The zero-order chi connectivity index (χ0) is 26.3. The van der Waals surface area contributed by atoms with Crippen LogP contribution in [-0.2, 0) is 26.2 Å². The quantitative estimate of drug-likeness (QED) is 0.482. The van der Waals surface area contributed by atoms with E-state index in [9.17, 15) is 22.4 Å². The van der Waals surface area contributed by atoms with Crippen LogP contribution in [0.1, 0.15) is 32.8 Å². The van der Waals surface area contributed by atoms with Gasteiger partial charge in [-0.3, -0.25) is 13.9 Å². The number of anilines is 1. The molecular weight excluding hydrogens is 497 g/mol. The summed E-state index contributed by atoms with van der Waals surface area (Å²) in [7, 11) is -2.40. The average Bonchev–Trinajstić information content (AvgIpc) is 2.78. The van der Waals surface area contributed by atoms with Crippen LogP contribution in [0.25, 0.3) is 0 Å². The molecule has 192 valence electrons. The van der Waals surface area contributed by atoms with E-state index in [1.165, 1.54) is 18.1 Å². The van der Waals surface area contributed by atoms with Crippen LogP contribution in [0, 0.1) is 5.82 Å². The maximum absolute atomic E-state index is 13.7. The van der Waals surface area contributed by atoms with Crippen molar-refractivity contribution in [3.63, 3.8) is 0 Å². The van der Waals surface area contributed by atoms with Crippen LogP contribution in [0.15, 0.2) is 42.5 Å². The lowest BCUT2D eigenvalue weighted by Crippen LogP contribution is -2.53. The molecule has 0 unspecified atom stereocenters. The fraction of sp³-hybridized carbons (Fsp3) is 0.417. The van der Waals surface area contributed by atoms with Crippen molar-refractivity contribution >= 4 is 39.1 Å². The molecule has 35 heavy (non-hydrogen) atoms. The monoisotopic (exact) mass is 527 g/mol. The van der Waals surface area contributed by atoms with Crippen LogP contribution in [0.3, 0.4) is 0 Å². The van der Waals surface area contributed by atoms with Gasteiger partial charge >= 0.3 is 0 Å². The highest BCUT2D eigenvalue weighted by molar-refractivity contribution is 7.92. The minimum absolute atomic E-state index is 0.0383. The van der Waals surface area contributed by atoms with E-state index in [1.807, 2.05) is 13.8 Å². The largest absolute Gasteiger partial charge is 0.497 e. The number of carbonyl (C=O) groups excluding carboxylic acids is 2. The third-order valence-corrected chi connectivity index (χ3v) is 6.63. The predicted molar refractivity (Wildman–Crippen MR) is 135 cm³/mol. The van der Waals surface area contributed by atoms with Crippen molar-refractivity contribution in [3.05, 3.63) is 58.9 Å². The molecule has 0 saturated heterocycles. The third kappa shape index (κ3) is 7.83. The van der Waals surface area contributed by atoms with E-state index in [4.69, 9.17) is 16.3 Å². The van der Waals surface area contributed by atoms with E-state index < -0.39 is 34.3 Å². The Morgan fingerprint density at radius 3 is 2.26 bits per heavy atom. The first-order chi connectivity index (χ1) is 16.4. The fourth-order valence-corrected chi connectivity index (χ4v) is 4.50. The molecule has 0 heterocycles. The number of sulfonamides is 1. The predicted octanol–water partition coefficient (Wildman–Crippen LogP) is 3.59. The highest BCUT2D eigenvalue weighted by Crippen LogP contribution is 2.25. The second-order valence-electron chi connectivity index (χ2n) is 8.33. The SMILES string of the molecule is CC[C@H](C(=O)NC(C)C)N(Cc1ccc(OC)cc1)C(=O)CN(c1ccc(F)c(Cl)c1)S(C)(=O)=O. The minimum atomic E-state index is -3.94. The Morgan fingerprint density at radius 1 is 1.14 bits per heavy atom. The van der Waals surface area contributed by atoms with Gasteiger partial charge in [0.15, 0.2) is 0 Å². The van der Waals surface area contributed by atoms with Crippen LogP contribution >= 0.6 is 11.6 Å². The Morgan fingerprint density at radius 2 is 1.77 bits per heavy atom. The first-order valence-electron chi connectivity index (χ1n) is 11.0. The Balaban J connectivity index is 2.45. The fourth-order valence-electron chi connectivity index (χ4n) is 3.48. The molecular formula is C24H31ClFN3O5S. The lowest BCUT2D eigenvalue weighted by molar-refractivity contribution is -0.140. The summed E-state index contributed by atoms with van der Waals surface area (Å²) in [6.07, 6.45) is 1.25. The molecule has 0 bridgehead atoms. The molecule has 11 heteroatoms. The molecule has 2 rings (SSSR count).